The highest BCUT2D eigenvalue weighted by atomic mass is 16.5. The van der Waals surface area contributed by atoms with Crippen LogP contribution in [0.3, 0.4) is 0 Å². The third kappa shape index (κ3) is 3.47. The SMILES string of the molecule is CCNC(C)C(C)c1ccc(OC2CC2)cc1. The van der Waals surface area contributed by atoms with Crippen molar-refractivity contribution in [3.63, 3.8) is 0 Å². The molecular weight excluding hydrogens is 210 g/mol. The molecule has 2 nitrogen and oxygen atoms in total. The quantitative estimate of drug-likeness (QED) is 0.813. The first-order chi connectivity index (χ1) is 8.20. The van der Waals surface area contributed by atoms with E-state index in [-0.39, 0.29) is 0 Å². The number of likely N-dealkylation sites (N-methyl/N-ethyl adjacent to an activating group) is 1. The molecular formula is C15H23NO. The molecule has 94 valence electrons. The Morgan fingerprint density at radius 2 is 1.88 bits per heavy atom. The van der Waals surface area contributed by atoms with Crippen molar-refractivity contribution in [3.05, 3.63) is 29.8 Å². The Kier molecular flexibility index (Phi) is 4.06. The van der Waals surface area contributed by atoms with E-state index in [2.05, 4.69) is 50.4 Å². The van der Waals surface area contributed by atoms with Crippen molar-refractivity contribution >= 4 is 0 Å². The Morgan fingerprint density at radius 3 is 2.41 bits per heavy atom. The maximum atomic E-state index is 5.75. The van der Waals surface area contributed by atoms with Crippen LogP contribution in [0.4, 0.5) is 0 Å². The van der Waals surface area contributed by atoms with Crippen molar-refractivity contribution in [2.75, 3.05) is 6.54 Å². The lowest BCUT2D eigenvalue weighted by atomic mass is 9.94. The van der Waals surface area contributed by atoms with E-state index in [0.29, 0.717) is 18.1 Å². The fourth-order valence-corrected chi connectivity index (χ4v) is 2.02. The molecule has 0 amide bonds. The first kappa shape index (κ1) is 12.4. The molecule has 0 aliphatic heterocycles. The summed E-state index contributed by atoms with van der Waals surface area (Å²) in [6.45, 7) is 7.68. The summed E-state index contributed by atoms with van der Waals surface area (Å²) in [4.78, 5) is 0. The monoisotopic (exact) mass is 233 g/mol. The van der Waals surface area contributed by atoms with Gasteiger partial charge in [0.05, 0.1) is 6.10 Å². The van der Waals surface area contributed by atoms with Crippen molar-refractivity contribution in [1.82, 2.24) is 5.32 Å². The molecule has 1 saturated carbocycles. The van der Waals surface area contributed by atoms with Gasteiger partial charge in [-0.15, -0.1) is 0 Å². The number of hydrogen-bond donors (Lipinski definition) is 1. The van der Waals surface area contributed by atoms with Crippen LogP contribution >= 0.6 is 0 Å². The molecule has 2 unspecified atom stereocenters. The second-order valence-corrected chi connectivity index (χ2v) is 5.02. The van der Waals surface area contributed by atoms with E-state index in [9.17, 15) is 0 Å². The van der Waals surface area contributed by atoms with Crippen LogP contribution in [0.5, 0.6) is 5.75 Å². The van der Waals surface area contributed by atoms with Crippen molar-refractivity contribution in [1.29, 1.82) is 0 Å². The molecule has 1 aliphatic rings. The maximum Gasteiger partial charge on any atom is 0.119 e. The van der Waals surface area contributed by atoms with Crippen LogP contribution in [0, 0.1) is 0 Å². The molecule has 0 aromatic heterocycles. The zero-order valence-electron chi connectivity index (χ0n) is 11.1. The summed E-state index contributed by atoms with van der Waals surface area (Å²) in [5.41, 5.74) is 1.38. The van der Waals surface area contributed by atoms with Crippen LogP contribution in [-0.2, 0) is 0 Å². The lowest BCUT2D eigenvalue weighted by Gasteiger charge is -2.21. The van der Waals surface area contributed by atoms with E-state index in [0.717, 1.165) is 12.3 Å². The molecule has 0 spiro atoms. The van der Waals surface area contributed by atoms with E-state index in [1.54, 1.807) is 0 Å². The number of hydrogen-bond acceptors (Lipinski definition) is 2. The van der Waals surface area contributed by atoms with Crippen LogP contribution in [0.1, 0.15) is 45.1 Å². The Labute approximate surface area is 104 Å². The fraction of sp³-hybridized carbons (Fsp3) is 0.600. The minimum absolute atomic E-state index is 0.485. The summed E-state index contributed by atoms with van der Waals surface area (Å²) >= 11 is 0. The lowest BCUT2D eigenvalue weighted by molar-refractivity contribution is 0.303. The molecule has 0 bridgehead atoms. The van der Waals surface area contributed by atoms with E-state index in [1.807, 2.05) is 0 Å². The highest BCUT2D eigenvalue weighted by Gasteiger charge is 2.23. The third-order valence-corrected chi connectivity index (χ3v) is 3.51. The minimum Gasteiger partial charge on any atom is -0.490 e. The van der Waals surface area contributed by atoms with E-state index in [4.69, 9.17) is 4.74 Å². The van der Waals surface area contributed by atoms with Gasteiger partial charge in [0.1, 0.15) is 5.75 Å². The first-order valence-corrected chi connectivity index (χ1v) is 6.70. The predicted molar refractivity (Wildman–Crippen MR) is 71.6 cm³/mol. The van der Waals surface area contributed by atoms with Gasteiger partial charge in [-0.05, 0) is 49.9 Å². The maximum absolute atomic E-state index is 5.75. The molecule has 2 heteroatoms. The van der Waals surface area contributed by atoms with Crippen molar-refractivity contribution in [2.24, 2.45) is 0 Å². The zero-order valence-corrected chi connectivity index (χ0v) is 11.1. The van der Waals surface area contributed by atoms with E-state index >= 15 is 0 Å². The highest BCUT2D eigenvalue weighted by molar-refractivity contribution is 5.30. The molecule has 0 radical (unpaired) electrons. The van der Waals surface area contributed by atoms with E-state index < -0.39 is 0 Å². The molecule has 1 fully saturated rings. The highest BCUT2D eigenvalue weighted by Crippen LogP contribution is 2.28. The van der Waals surface area contributed by atoms with Crippen molar-refractivity contribution in [2.45, 2.75) is 51.7 Å². The van der Waals surface area contributed by atoms with Gasteiger partial charge in [0, 0.05) is 6.04 Å². The smallest absolute Gasteiger partial charge is 0.119 e. The number of ether oxygens (including phenoxy) is 1. The van der Waals surface area contributed by atoms with Crippen molar-refractivity contribution < 1.29 is 4.74 Å². The summed E-state index contributed by atoms with van der Waals surface area (Å²) < 4.78 is 5.75. The molecule has 17 heavy (non-hydrogen) atoms. The van der Waals surface area contributed by atoms with Crippen LogP contribution in [0.25, 0.3) is 0 Å². The largest absolute Gasteiger partial charge is 0.490 e. The standard InChI is InChI=1S/C15H23NO/c1-4-16-12(3)11(2)13-5-7-14(8-6-13)17-15-9-10-15/h5-8,11-12,15-16H,4,9-10H2,1-3H3. The summed E-state index contributed by atoms with van der Waals surface area (Å²) in [7, 11) is 0. The summed E-state index contributed by atoms with van der Waals surface area (Å²) in [5, 5.41) is 3.47. The fourth-order valence-electron chi connectivity index (χ4n) is 2.02. The van der Waals surface area contributed by atoms with Gasteiger partial charge in [0.15, 0.2) is 0 Å². The Hall–Kier alpha value is -1.02. The van der Waals surface area contributed by atoms with Gasteiger partial charge in [-0.3, -0.25) is 0 Å². The Bertz CT molecular complexity index is 342. The normalized spacial score (nSPS) is 18.8. The predicted octanol–water partition coefficient (Wildman–Crippen LogP) is 3.33. The molecule has 1 aromatic rings. The molecule has 0 heterocycles. The summed E-state index contributed by atoms with van der Waals surface area (Å²) in [5.74, 6) is 1.55. The molecule has 2 atom stereocenters. The second kappa shape index (κ2) is 5.54. The van der Waals surface area contributed by atoms with Crippen LogP contribution in [0.15, 0.2) is 24.3 Å². The van der Waals surface area contributed by atoms with E-state index in [1.165, 1.54) is 18.4 Å². The number of benzene rings is 1. The number of nitrogens with one attached hydrogen (secondary N) is 1. The van der Waals surface area contributed by atoms with Gasteiger partial charge < -0.3 is 10.1 Å². The van der Waals surface area contributed by atoms with Crippen molar-refractivity contribution in [3.8, 4) is 5.75 Å². The van der Waals surface area contributed by atoms with Crippen LogP contribution in [0.2, 0.25) is 0 Å². The second-order valence-electron chi connectivity index (χ2n) is 5.02. The van der Waals surface area contributed by atoms with Crippen LogP contribution < -0.4 is 10.1 Å². The van der Waals surface area contributed by atoms with Gasteiger partial charge in [-0.25, -0.2) is 0 Å². The van der Waals surface area contributed by atoms with Gasteiger partial charge in [-0.2, -0.15) is 0 Å². The van der Waals surface area contributed by atoms with Crippen LogP contribution in [-0.4, -0.2) is 18.7 Å². The third-order valence-electron chi connectivity index (χ3n) is 3.51. The lowest BCUT2D eigenvalue weighted by Crippen LogP contribution is -2.30. The molecule has 2 rings (SSSR count). The zero-order chi connectivity index (χ0) is 12.3. The molecule has 1 N–H and O–H groups in total. The first-order valence-electron chi connectivity index (χ1n) is 6.70. The molecule has 1 aliphatic carbocycles. The van der Waals surface area contributed by atoms with Gasteiger partial charge in [0.25, 0.3) is 0 Å². The summed E-state index contributed by atoms with van der Waals surface area (Å²) in [6, 6.07) is 9.09. The Morgan fingerprint density at radius 1 is 1.24 bits per heavy atom. The van der Waals surface area contributed by atoms with Gasteiger partial charge in [-0.1, -0.05) is 26.0 Å². The average molecular weight is 233 g/mol. The molecule has 1 aromatic carbocycles. The number of rotatable bonds is 6. The molecule has 0 saturated heterocycles. The average Bonchev–Trinajstić information content (AvgIpc) is 3.13. The minimum atomic E-state index is 0.485. The topological polar surface area (TPSA) is 21.3 Å². The van der Waals surface area contributed by atoms with Gasteiger partial charge >= 0.3 is 0 Å². The van der Waals surface area contributed by atoms with Gasteiger partial charge in [0.2, 0.25) is 0 Å². The Balaban J connectivity index is 1.95. The summed E-state index contributed by atoms with van der Waals surface area (Å²) in [6.07, 6.45) is 2.92.